The van der Waals surface area contributed by atoms with Gasteiger partial charge in [0, 0.05) is 12.1 Å². The van der Waals surface area contributed by atoms with Crippen molar-refractivity contribution in [2.24, 2.45) is 0 Å². The average molecular weight is 543 g/mol. The number of benzene rings is 2. The molecule has 0 fully saturated rings. The van der Waals surface area contributed by atoms with Crippen LogP contribution in [0.25, 0.3) is 11.2 Å². The number of nitrogens with zero attached hydrogens (tertiary/aromatic N) is 3. The van der Waals surface area contributed by atoms with Crippen LogP contribution in [0.5, 0.6) is 34.5 Å². The molecule has 2 unspecified atom stereocenters. The molecule has 0 saturated heterocycles. The normalized spacial score (nSPS) is 19.1. The molecule has 196 valence electrons. The molecule has 0 saturated carbocycles. The van der Waals surface area contributed by atoms with E-state index in [9.17, 15) is 19.6 Å². The van der Waals surface area contributed by atoms with Crippen molar-refractivity contribution in [2.75, 3.05) is 18.9 Å². The van der Waals surface area contributed by atoms with E-state index in [2.05, 4.69) is 15.0 Å². The molecule has 2 aliphatic heterocycles. The highest BCUT2D eigenvalue weighted by molar-refractivity contribution is 7.59. The van der Waals surface area contributed by atoms with Crippen LogP contribution >= 0.6 is 7.37 Å². The van der Waals surface area contributed by atoms with Gasteiger partial charge in [0.2, 0.25) is 5.95 Å². The Morgan fingerprint density at radius 1 is 0.947 bits per heavy atom. The second-order valence-electron chi connectivity index (χ2n) is 8.16. The van der Waals surface area contributed by atoms with E-state index < -0.39 is 25.0 Å². The molecule has 6 rings (SSSR count). The first-order chi connectivity index (χ1) is 18.3. The summed E-state index contributed by atoms with van der Waals surface area (Å²) in [5, 5.41) is 23.4. The summed E-state index contributed by atoms with van der Waals surface area (Å²) in [5.74, 6) is -0.155. The Labute approximate surface area is 212 Å². The minimum atomic E-state index is -4.13. The summed E-state index contributed by atoms with van der Waals surface area (Å²) in [5.41, 5.74) is 5.43. The molecular weight excluding hydrogens is 525 g/mol. The minimum Gasteiger partial charge on any atom is -0.442 e. The number of hydrogen-bond donors (Lipinski definition) is 2. The predicted octanol–water partition coefficient (Wildman–Crippen LogP) is 2.77. The van der Waals surface area contributed by atoms with Crippen LogP contribution in [-0.4, -0.2) is 44.8 Å². The fourth-order valence-corrected chi connectivity index (χ4v) is 5.66. The summed E-state index contributed by atoms with van der Waals surface area (Å²) in [6, 6.07) is 4.72. The van der Waals surface area contributed by atoms with Gasteiger partial charge in [0.05, 0.1) is 19.5 Å². The molecule has 2 radical (unpaired) electrons. The van der Waals surface area contributed by atoms with E-state index in [0.29, 0.717) is 0 Å². The number of nitrogens with two attached hydrogens (primary N) is 1. The first-order valence-electron chi connectivity index (χ1n) is 11.1. The quantitative estimate of drug-likeness (QED) is 0.244. The van der Waals surface area contributed by atoms with E-state index in [1.54, 1.807) is 0 Å². The molecule has 0 amide bonds. The molecule has 2 aromatic carbocycles. The van der Waals surface area contributed by atoms with Crippen LogP contribution in [0.2, 0.25) is 0 Å². The fraction of sp³-hybridized carbons (Fsp3) is 0.227. The summed E-state index contributed by atoms with van der Waals surface area (Å²) in [6.45, 7) is -0.363. The third kappa shape index (κ3) is 4.22. The molecule has 0 aliphatic carbocycles. The fourth-order valence-electron chi connectivity index (χ4n) is 3.82. The number of nitrogen functional groups attached to an aromatic ring is 1. The van der Waals surface area contributed by atoms with Gasteiger partial charge >= 0.3 is 19.4 Å². The number of nitrogens with one attached hydrogen (secondary N) is 1. The summed E-state index contributed by atoms with van der Waals surface area (Å²) in [4.78, 5) is 22.3. The molecule has 38 heavy (non-hydrogen) atoms. The lowest BCUT2D eigenvalue weighted by atomic mass is 10.3. The third-order valence-corrected chi connectivity index (χ3v) is 7.76. The van der Waals surface area contributed by atoms with Crippen molar-refractivity contribution in [1.82, 2.24) is 19.5 Å². The molecule has 2 atom stereocenters. The second-order valence-corrected chi connectivity index (χ2v) is 10.5. The van der Waals surface area contributed by atoms with Crippen LogP contribution in [0.15, 0.2) is 47.5 Å². The number of rotatable bonds is 8. The number of anilines is 1. The zero-order valence-electron chi connectivity index (χ0n) is 19.3. The van der Waals surface area contributed by atoms with Gasteiger partial charge < -0.3 is 33.9 Å². The van der Waals surface area contributed by atoms with E-state index in [-0.39, 0.29) is 71.6 Å². The van der Waals surface area contributed by atoms with Gasteiger partial charge in [-0.2, -0.15) is 4.98 Å². The monoisotopic (exact) mass is 543 g/mol. The van der Waals surface area contributed by atoms with Crippen LogP contribution in [0.1, 0.15) is 0 Å². The number of hydrogen-bond acceptors (Lipinski definition) is 11. The van der Waals surface area contributed by atoms with E-state index in [0.717, 1.165) is 0 Å². The smallest absolute Gasteiger partial charge is 0.361 e. The molecule has 3 N–H and O–H groups in total. The lowest BCUT2D eigenvalue weighted by Crippen LogP contribution is -2.32. The summed E-state index contributed by atoms with van der Waals surface area (Å²) in [6.07, 6.45) is 1.36. The van der Waals surface area contributed by atoms with Gasteiger partial charge in [-0.05, 0) is 24.3 Å². The van der Waals surface area contributed by atoms with Crippen molar-refractivity contribution in [1.29, 1.82) is 0 Å². The van der Waals surface area contributed by atoms with Gasteiger partial charge in [-0.25, -0.2) is 4.98 Å². The minimum absolute atomic E-state index is 0.0671. The number of aromatic nitrogens is 4. The highest BCUT2D eigenvalue weighted by Crippen LogP contribution is 2.62. The number of ether oxygens (including phenoxy) is 5. The lowest BCUT2D eigenvalue weighted by Gasteiger charge is -2.26. The number of aromatic amines is 1. The van der Waals surface area contributed by atoms with Crippen LogP contribution in [0.4, 0.5) is 5.95 Å². The van der Waals surface area contributed by atoms with Gasteiger partial charge in [-0.3, -0.25) is 29.1 Å². The van der Waals surface area contributed by atoms with Gasteiger partial charge in [-0.15, -0.1) is 0 Å². The zero-order chi connectivity index (χ0) is 26.4. The van der Waals surface area contributed by atoms with Crippen LogP contribution in [0, 0.1) is 0 Å². The van der Waals surface area contributed by atoms with Crippen molar-refractivity contribution in [3.05, 3.63) is 53.1 Å². The molecule has 0 bridgehead atoms. The Morgan fingerprint density at radius 2 is 1.55 bits per heavy atom. The largest absolute Gasteiger partial charge is 0.442 e. The van der Waals surface area contributed by atoms with E-state index in [4.69, 9.17) is 33.9 Å². The Hall–Kier alpha value is -4.46. The Bertz CT molecular complexity index is 1570. The predicted molar refractivity (Wildman–Crippen MR) is 125 cm³/mol. The first kappa shape index (κ1) is 23.9. The molecular formula is C22H18N5O10P. The maximum Gasteiger partial charge on any atom is 0.361 e. The number of fused-ring (bicyclic) bond motifs is 3. The zero-order valence-corrected chi connectivity index (χ0v) is 20.2. The van der Waals surface area contributed by atoms with Crippen molar-refractivity contribution in [2.45, 2.75) is 18.8 Å². The molecule has 15 nitrogen and oxygen atoms in total. The van der Waals surface area contributed by atoms with Crippen LogP contribution in [-0.2, 0) is 30.8 Å². The van der Waals surface area contributed by atoms with Crippen molar-refractivity contribution in [3.8, 4) is 34.5 Å². The molecule has 16 heteroatoms. The maximum atomic E-state index is 14.2. The van der Waals surface area contributed by atoms with Gasteiger partial charge in [0.15, 0.2) is 45.7 Å². The standard InChI is InChI=1S/C22H18N5O10P/c23-20-25-18-17(19(30)26-20)24-9-27(18)10-32-5-6-33-38(31,21-34-13-3-1-11(28)7-15(13)36-21)22-35-14-4-2-12(29)8-16(14)37-22/h1-4,7-9,21-22H,5-6,10H2,(H3,23,25,26,30). The molecule has 4 aromatic rings. The maximum absolute atomic E-state index is 14.2. The molecule has 4 heterocycles. The number of H-pyrrole nitrogens is 1. The molecule has 2 aliphatic rings. The summed E-state index contributed by atoms with van der Waals surface area (Å²) >= 11 is 0. The van der Waals surface area contributed by atoms with Crippen LogP contribution < -0.4 is 30.2 Å². The van der Waals surface area contributed by atoms with Gasteiger partial charge in [-0.1, -0.05) is 0 Å². The van der Waals surface area contributed by atoms with Gasteiger partial charge in [0.25, 0.3) is 5.56 Å². The Kier molecular flexibility index (Phi) is 5.75. The highest BCUT2D eigenvalue weighted by atomic mass is 31.2. The molecule has 0 spiro atoms. The Balaban J connectivity index is 1.16. The van der Waals surface area contributed by atoms with Crippen molar-refractivity contribution >= 4 is 24.5 Å². The summed E-state index contributed by atoms with van der Waals surface area (Å²) < 4.78 is 49.5. The highest BCUT2D eigenvalue weighted by Gasteiger charge is 2.54. The lowest BCUT2D eigenvalue weighted by molar-refractivity contribution is 0.0292. The first-order valence-corrected chi connectivity index (χ1v) is 12.9. The van der Waals surface area contributed by atoms with Gasteiger partial charge in [0.1, 0.15) is 6.73 Å². The van der Waals surface area contributed by atoms with Crippen molar-refractivity contribution in [3.63, 3.8) is 0 Å². The summed E-state index contributed by atoms with van der Waals surface area (Å²) in [7, 11) is -4.13. The number of imidazole rings is 1. The topological polar surface area (TPSA) is 202 Å². The van der Waals surface area contributed by atoms with Crippen molar-refractivity contribution < 1.29 is 43.0 Å². The average Bonchev–Trinajstić information content (AvgIpc) is 3.60. The van der Waals surface area contributed by atoms with E-state index in [1.807, 2.05) is 0 Å². The second kappa shape index (κ2) is 9.13. The van der Waals surface area contributed by atoms with E-state index >= 15 is 0 Å². The van der Waals surface area contributed by atoms with Crippen LogP contribution in [0.3, 0.4) is 0 Å². The molecule has 2 aromatic heterocycles. The third-order valence-electron chi connectivity index (χ3n) is 5.57. The van der Waals surface area contributed by atoms with E-state index in [1.165, 1.54) is 47.3 Å². The Morgan fingerprint density at radius 3 is 2.18 bits per heavy atom. The SMILES string of the molecule is Nc1nc2c(ncn2COCCOP(=O)(C2Oc3ccc([O])cc3O2)C2Oc3ccc([O])cc3O2)c(=O)[nH]1.